The standard InChI is InChI=1S/C28H33N7S/c1-28(2,3)24-12-10-23(11-13-24)25-31-35(27(36)34(25)20-22-8-5-4-6-9-22)21-32-16-18-33(19-17-32)26-29-14-7-15-30-26/h4-15H,16-21H2,1-3H3. The van der Waals surface area contributed by atoms with Crippen molar-refractivity contribution in [3.63, 3.8) is 0 Å². The monoisotopic (exact) mass is 499 g/mol. The molecular weight excluding hydrogens is 466 g/mol. The van der Waals surface area contributed by atoms with Gasteiger partial charge in [0.2, 0.25) is 5.95 Å². The van der Waals surface area contributed by atoms with Crippen molar-refractivity contribution in [2.45, 2.75) is 39.4 Å². The fourth-order valence-corrected chi connectivity index (χ4v) is 4.76. The normalized spacial score (nSPS) is 14.8. The van der Waals surface area contributed by atoms with Crippen molar-refractivity contribution in [2.75, 3.05) is 31.1 Å². The van der Waals surface area contributed by atoms with Crippen molar-refractivity contribution >= 4 is 18.2 Å². The summed E-state index contributed by atoms with van der Waals surface area (Å²) in [7, 11) is 0. The SMILES string of the molecule is CC(C)(C)c1ccc(-c2nn(CN3CCN(c4ncccn4)CC3)c(=S)n2Cc2ccccc2)cc1. The molecule has 1 fully saturated rings. The number of rotatable bonds is 6. The third-order valence-electron chi connectivity index (χ3n) is 6.66. The highest BCUT2D eigenvalue weighted by Crippen LogP contribution is 2.26. The Bertz CT molecular complexity index is 1330. The van der Waals surface area contributed by atoms with Crippen molar-refractivity contribution in [1.29, 1.82) is 0 Å². The summed E-state index contributed by atoms with van der Waals surface area (Å²) >= 11 is 5.97. The van der Waals surface area contributed by atoms with Gasteiger partial charge >= 0.3 is 0 Å². The van der Waals surface area contributed by atoms with Gasteiger partial charge in [-0.25, -0.2) is 14.6 Å². The second-order valence-electron chi connectivity index (χ2n) is 10.3. The fourth-order valence-electron chi connectivity index (χ4n) is 4.51. The van der Waals surface area contributed by atoms with Gasteiger partial charge in [-0.1, -0.05) is 75.4 Å². The van der Waals surface area contributed by atoms with Gasteiger partial charge < -0.3 is 4.90 Å². The molecule has 3 heterocycles. The predicted molar refractivity (Wildman–Crippen MR) is 147 cm³/mol. The zero-order chi connectivity index (χ0) is 25.1. The van der Waals surface area contributed by atoms with Crippen LogP contribution in [0.15, 0.2) is 73.1 Å². The maximum absolute atomic E-state index is 5.97. The molecule has 1 aliphatic heterocycles. The van der Waals surface area contributed by atoms with E-state index >= 15 is 0 Å². The van der Waals surface area contributed by atoms with Crippen LogP contribution in [0.2, 0.25) is 0 Å². The molecular formula is C28H33N7S. The molecule has 4 aromatic rings. The molecule has 0 radical (unpaired) electrons. The van der Waals surface area contributed by atoms with Gasteiger partial charge in [-0.2, -0.15) is 5.10 Å². The molecule has 0 aliphatic carbocycles. The van der Waals surface area contributed by atoms with E-state index in [4.69, 9.17) is 17.3 Å². The number of aromatic nitrogens is 5. The third-order valence-corrected chi connectivity index (χ3v) is 7.09. The van der Waals surface area contributed by atoms with E-state index in [0.29, 0.717) is 13.2 Å². The Kier molecular flexibility index (Phi) is 6.98. The van der Waals surface area contributed by atoms with Crippen LogP contribution >= 0.6 is 12.2 Å². The minimum absolute atomic E-state index is 0.105. The van der Waals surface area contributed by atoms with E-state index in [0.717, 1.165) is 48.3 Å². The van der Waals surface area contributed by atoms with Crippen LogP contribution in [0.4, 0.5) is 5.95 Å². The Labute approximate surface area is 218 Å². The Morgan fingerprint density at radius 1 is 0.833 bits per heavy atom. The van der Waals surface area contributed by atoms with Crippen LogP contribution in [-0.4, -0.2) is 55.4 Å². The molecule has 0 spiro atoms. The van der Waals surface area contributed by atoms with Crippen LogP contribution in [0.5, 0.6) is 0 Å². The topological polar surface area (TPSA) is 55.0 Å². The molecule has 0 saturated carbocycles. The molecule has 1 aliphatic rings. The molecule has 36 heavy (non-hydrogen) atoms. The van der Waals surface area contributed by atoms with Crippen LogP contribution in [0.25, 0.3) is 11.4 Å². The first-order valence-electron chi connectivity index (χ1n) is 12.5. The van der Waals surface area contributed by atoms with Gasteiger partial charge in [0.15, 0.2) is 10.6 Å². The summed E-state index contributed by atoms with van der Waals surface area (Å²) in [6.45, 7) is 11.6. The molecule has 2 aromatic heterocycles. The molecule has 5 rings (SSSR count). The number of nitrogens with zero attached hydrogens (tertiary/aromatic N) is 7. The second kappa shape index (κ2) is 10.3. The highest BCUT2D eigenvalue weighted by Gasteiger charge is 2.21. The summed E-state index contributed by atoms with van der Waals surface area (Å²) in [5.74, 6) is 1.70. The Morgan fingerprint density at radius 3 is 2.14 bits per heavy atom. The lowest BCUT2D eigenvalue weighted by Crippen LogP contribution is -2.47. The van der Waals surface area contributed by atoms with Crippen molar-refractivity contribution in [1.82, 2.24) is 29.2 Å². The zero-order valence-corrected chi connectivity index (χ0v) is 22.0. The van der Waals surface area contributed by atoms with Crippen LogP contribution < -0.4 is 4.90 Å². The largest absolute Gasteiger partial charge is 0.338 e. The Hall–Kier alpha value is -3.36. The minimum Gasteiger partial charge on any atom is -0.338 e. The summed E-state index contributed by atoms with van der Waals surface area (Å²) in [5.41, 5.74) is 3.69. The number of piperazine rings is 1. The zero-order valence-electron chi connectivity index (χ0n) is 21.2. The lowest BCUT2D eigenvalue weighted by Gasteiger charge is -2.34. The predicted octanol–water partition coefficient (Wildman–Crippen LogP) is 5.00. The van der Waals surface area contributed by atoms with E-state index < -0.39 is 0 Å². The first kappa shape index (κ1) is 24.3. The number of anilines is 1. The van der Waals surface area contributed by atoms with Crippen LogP contribution in [0, 0.1) is 4.77 Å². The van der Waals surface area contributed by atoms with E-state index in [1.807, 2.05) is 16.8 Å². The highest BCUT2D eigenvalue weighted by atomic mass is 32.1. The third kappa shape index (κ3) is 5.39. The average molecular weight is 500 g/mol. The molecule has 7 nitrogen and oxygen atoms in total. The van der Waals surface area contributed by atoms with Gasteiger partial charge in [-0.3, -0.25) is 9.47 Å². The Morgan fingerprint density at radius 2 is 1.50 bits per heavy atom. The number of hydrogen-bond donors (Lipinski definition) is 0. The maximum atomic E-state index is 5.97. The van der Waals surface area contributed by atoms with Gasteiger partial charge in [-0.05, 0) is 34.8 Å². The Balaban J connectivity index is 1.40. The molecule has 186 valence electrons. The summed E-state index contributed by atoms with van der Waals surface area (Å²) in [5, 5.41) is 5.03. The van der Waals surface area contributed by atoms with E-state index in [1.165, 1.54) is 11.1 Å². The maximum Gasteiger partial charge on any atom is 0.225 e. The van der Waals surface area contributed by atoms with Gasteiger partial charge in [-0.15, -0.1) is 0 Å². The van der Waals surface area contributed by atoms with Gasteiger partial charge in [0.25, 0.3) is 0 Å². The van der Waals surface area contributed by atoms with E-state index in [-0.39, 0.29) is 5.41 Å². The summed E-state index contributed by atoms with van der Waals surface area (Å²) in [4.78, 5) is 13.4. The molecule has 1 saturated heterocycles. The lowest BCUT2D eigenvalue weighted by atomic mass is 9.87. The lowest BCUT2D eigenvalue weighted by molar-refractivity contribution is 0.193. The van der Waals surface area contributed by atoms with Crippen LogP contribution in [-0.2, 0) is 18.6 Å². The molecule has 0 atom stereocenters. The van der Waals surface area contributed by atoms with Crippen LogP contribution in [0.3, 0.4) is 0 Å². The molecule has 2 aromatic carbocycles. The van der Waals surface area contributed by atoms with Crippen LogP contribution in [0.1, 0.15) is 31.9 Å². The first-order valence-corrected chi connectivity index (χ1v) is 12.9. The van der Waals surface area contributed by atoms with Crippen molar-refractivity contribution in [2.24, 2.45) is 0 Å². The molecule has 0 unspecified atom stereocenters. The van der Waals surface area contributed by atoms with E-state index in [2.05, 4.69) is 93.6 Å². The molecule has 0 amide bonds. The molecule has 0 N–H and O–H groups in total. The quantitative estimate of drug-likeness (QED) is 0.348. The second-order valence-corrected chi connectivity index (χ2v) is 10.7. The van der Waals surface area contributed by atoms with Gasteiger partial charge in [0, 0.05) is 44.1 Å². The van der Waals surface area contributed by atoms with Gasteiger partial charge in [0.1, 0.15) is 0 Å². The van der Waals surface area contributed by atoms with Crippen molar-refractivity contribution in [3.05, 3.63) is 89.0 Å². The summed E-state index contributed by atoms with van der Waals surface area (Å²) in [6, 6.07) is 21.0. The first-order chi connectivity index (χ1) is 17.4. The summed E-state index contributed by atoms with van der Waals surface area (Å²) < 4.78 is 4.87. The minimum atomic E-state index is 0.105. The van der Waals surface area contributed by atoms with Crippen molar-refractivity contribution < 1.29 is 0 Å². The van der Waals surface area contributed by atoms with E-state index in [9.17, 15) is 0 Å². The highest BCUT2D eigenvalue weighted by molar-refractivity contribution is 7.71. The number of benzene rings is 2. The summed E-state index contributed by atoms with van der Waals surface area (Å²) in [6.07, 6.45) is 3.59. The van der Waals surface area contributed by atoms with E-state index in [1.54, 1.807) is 12.4 Å². The molecule has 8 heteroatoms. The van der Waals surface area contributed by atoms with Crippen molar-refractivity contribution in [3.8, 4) is 11.4 Å². The molecule has 0 bridgehead atoms. The fraction of sp³-hybridized carbons (Fsp3) is 0.357. The number of hydrogen-bond acceptors (Lipinski definition) is 6. The smallest absolute Gasteiger partial charge is 0.225 e. The average Bonchev–Trinajstić information content (AvgIpc) is 3.20. The van der Waals surface area contributed by atoms with Gasteiger partial charge in [0.05, 0.1) is 13.2 Å².